The standard InChI is InChI=1S/C24H20N4O4/c1-16-9-11-18(12-10-16)25-24(29)23-15-22(17-5-3-8-21(13-17)32-2)26-27(23)19-6-4-7-20(14-19)28(30)31/h3-15H,1-2H3,(H,25,29). The van der Waals surface area contributed by atoms with Crippen molar-refractivity contribution in [2.75, 3.05) is 12.4 Å². The van der Waals surface area contributed by atoms with Gasteiger partial charge in [0.05, 0.1) is 23.4 Å². The van der Waals surface area contributed by atoms with Crippen LogP contribution in [-0.4, -0.2) is 27.7 Å². The average molecular weight is 428 g/mol. The molecular weight excluding hydrogens is 408 g/mol. The smallest absolute Gasteiger partial charge is 0.274 e. The molecule has 3 aromatic carbocycles. The summed E-state index contributed by atoms with van der Waals surface area (Å²) in [6.45, 7) is 1.96. The van der Waals surface area contributed by atoms with Gasteiger partial charge in [-0.1, -0.05) is 35.9 Å². The summed E-state index contributed by atoms with van der Waals surface area (Å²) in [4.78, 5) is 23.9. The summed E-state index contributed by atoms with van der Waals surface area (Å²) in [5, 5.41) is 18.7. The summed E-state index contributed by atoms with van der Waals surface area (Å²) in [5.41, 5.74) is 3.54. The van der Waals surface area contributed by atoms with Crippen LogP contribution in [-0.2, 0) is 0 Å². The molecular formula is C24H20N4O4. The quantitative estimate of drug-likeness (QED) is 0.343. The minimum atomic E-state index is -0.484. The largest absolute Gasteiger partial charge is 0.497 e. The first kappa shape index (κ1) is 20.8. The minimum Gasteiger partial charge on any atom is -0.497 e. The number of benzene rings is 3. The van der Waals surface area contributed by atoms with Crippen molar-refractivity contribution in [3.8, 4) is 22.7 Å². The Morgan fingerprint density at radius 3 is 2.50 bits per heavy atom. The van der Waals surface area contributed by atoms with Crippen LogP contribution < -0.4 is 10.1 Å². The second-order valence-corrected chi connectivity index (χ2v) is 7.16. The Balaban J connectivity index is 1.80. The first-order chi connectivity index (χ1) is 15.4. The van der Waals surface area contributed by atoms with Gasteiger partial charge in [-0.15, -0.1) is 0 Å². The highest BCUT2D eigenvalue weighted by Gasteiger charge is 2.19. The average Bonchev–Trinajstić information content (AvgIpc) is 3.26. The normalized spacial score (nSPS) is 10.6. The number of rotatable bonds is 6. The van der Waals surface area contributed by atoms with E-state index >= 15 is 0 Å². The van der Waals surface area contributed by atoms with Gasteiger partial charge in [0.25, 0.3) is 11.6 Å². The molecule has 0 aliphatic carbocycles. The van der Waals surface area contributed by atoms with Crippen LogP contribution in [0.25, 0.3) is 16.9 Å². The number of nitrogens with one attached hydrogen (secondary N) is 1. The van der Waals surface area contributed by atoms with Gasteiger partial charge in [-0.2, -0.15) is 5.10 Å². The third-order valence-corrected chi connectivity index (χ3v) is 4.90. The van der Waals surface area contributed by atoms with E-state index in [1.165, 1.54) is 16.8 Å². The van der Waals surface area contributed by atoms with Crippen LogP contribution >= 0.6 is 0 Å². The maximum absolute atomic E-state index is 13.1. The Bertz CT molecular complexity index is 1300. The number of carbonyl (C=O) groups is 1. The Morgan fingerprint density at radius 2 is 1.78 bits per heavy atom. The fourth-order valence-electron chi connectivity index (χ4n) is 3.23. The van der Waals surface area contributed by atoms with E-state index in [-0.39, 0.29) is 17.3 Å². The van der Waals surface area contributed by atoms with E-state index in [0.29, 0.717) is 22.8 Å². The van der Waals surface area contributed by atoms with Crippen molar-refractivity contribution in [1.29, 1.82) is 0 Å². The number of hydrogen-bond donors (Lipinski definition) is 1. The Morgan fingerprint density at radius 1 is 1.03 bits per heavy atom. The molecule has 160 valence electrons. The summed E-state index contributed by atoms with van der Waals surface area (Å²) >= 11 is 0. The van der Waals surface area contributed by atoms with Gasteiger partial charge in [0.1, 0.15) is 11.4 Å². The maximum Gasteiger partial charge on any atom is 0.274 e. The van der Waals surface area contributed by atoms with Crippen LogP contribution in [0.1, 0.15) is 16.1 Å². The van der Waals surface area contributed by atoms with Gasteiger partial charge in [-0.05, 0) is 43.3 Å². The third-order valence-electron chi connectivity index (χ3n) is 4.90. The number of ether oxygens (including phenoxy) is 1. The molecule has 0 aliphatic heterocycles. The Hall–Kier alpha value is -4.46. The summed E-state index contributed by atoms with van der Waals surface area (Å²) < 4.78 is 6.70. The molecule has 0 saturated carbocycles. The maximum atomic E-state index is 13.1. The van der Waals surface area contributed by atoms with Crippen LogP contribution in [0.3, 0.4) is 0 Å². The second kappa shape index (κ2) is 8.73. The van der Waals surface area contributed by atoms with E-state index in [9.17, 15) is 14.9 Å². The topological polar surface area (TPSA) is 99.3 Å². The van der Waals surface area contributed by atoms with Crippen molar-refractivity contribution in [2.45, 2.75) is 6.92 Å². The molecule has 1 amide bonds. The lowest BCUT2D eigenvalue weighted by atomic mass is 10.1. The van der Waals surface area contributed by atoms with E-state index in [1.54, 1.807) is 25.3 Å². The monoisotopic (exact) mass is 428 g/mol. The van der Waals surface area contributed by atoms with Crippen molar-refractivity contribution in [2.24, 2.45) is 0 Å². The molecule has 8 nitrogen and oxygen atoms in total. The number of methoxy groups -OCH3 is 1. The number of aryl methyl sites for hydroxylation is 1. The van der Waals surface area contributed by atoms with Crippen molar-refractivity contribution in [1.82, 2.24) is 9.78 Å². The zero-order valence-corrected chi connectivity index (χ0v) is 17.5. The van der Waals surface area contributed by atoms with Crippen LogP contribution in [0.2, 0.25) is 0 Å². The molecule has 0 radical (unpaired) electrons. The van der Waals surface area contributed by atoms with E-state index < -0.39 is 4.92 Å². The van der Waals surface area contributed by atoms with E-state index in [1.807, 2.05) is 55.5 Å². The van der Waals surface area contributed by atoms with Crippen molar-refractivity contribution in [3.05, 3.63) is 100 Å². The van der Waals surface area contributed by atoms with Crippen molar-refractivity contribution in [3.63, 3.8) is 0 Å². The lowest BCUT2D eigenvalue weighted by Gasteiger charge is -2.08. The summed E-state index contributed by atoms with van der Waals surface area (Å²) in [7, 11) is 1.57. The summed E-state index contributed by atoms with van der Waals surface area (Å²) in [5.74, 6) is 0.264. The SMILES string of the molecule is COc1cccc(-c2cc(C(=O)Nc3ccc(C)cc3)n(-c3cccc([N+](=O)[O-])c3)n2)c1. The zero-order chi connectivity index (χ0) is 22.7. The van der Waals surface area contributed by atoms with E-state index in [2.05, 4.69) is 10.4 Å². The Kier molecular flexibility index (Phi) is 5.67. The highest BCUT2D eigenvalue weighted by molar-refractivity contribution is 6.04. The number of anilines is 1. The van der Waals surface area contributed by atoms with Crippen molar-refractivity contribution < 1.29 is 14.5 Å². The molecule has 1 aromatic heterocycles. The second-order valence-electron chi connectivity index (χ2n) is 7.16. The lowest BCUT2D eigenvalue weighted by Crippen LogP contribution is -2.17. The predicted octanol–water partition coefficient (Wildman–Crippen LogP) is 5.02. The molecule has 32 heavy (non-hydrogen) atoms. The number of nitro groups is 1. The number of hydrogen-bond acceptors (Lipinski definition) is 5. The number of nitrogens with zero attached hydrogens (tertiary/aromatic N) is 3. The molecule has 0 spiro atoms. The molecule has 0 unspecified atom stereocenters. The molecule has 4 rings (SSSR count). The zero-order valence-electron chi connectivity index (χ0n) is 17.5. The molecule has 0 fully saturated rings. The van der Waals surface area contributed by atoms with Gasteiger partial charge in [0.15, 0.2) is 0 Å². The highest BCUT2D eigenvalue weighted by atomic mass is 16.6. The number of amides is 1. The number of nitro benzene ring substituents is 1. The Labute approximate surface area is 184 Å². The highest BCUT2D eigenvalue weighted by Crippen LogP contribution is 2.27. The van der Waals surface area contributed by atoms with Crippen LogP contribution in [0, 0.1) is 17.0 Å². The summed E-state index contributed by atoms with van der Waals surface area (Å²) in [6, 6.07) is 22.4. The molecule has 0 bridgehead atoms. The fraction of sp³-hybridized carbons (Fsp3) is 0.0833. The van der Waals surface area contributed by atoms with Gasteiger partial charge in [-0.3, -0.25) is 14.9 Å². The van der Waals surface area contributed by atoms with Crippen molar-refractivity contribution >= 4 is 17.3 Å². The molecule has 1 heterocycles. The predicted molar refractivity (Wildman–Crippen MR) is 121 cm³/mol. The lowest BCUT2D eigenvalue weighted by molar-refractivity contribution is -0.384. The van der Waals surface area contributed by atoms with E-state index in [0.717, 1.165) is 11.1 Å². The molecule has 1 N–H and O–H groups in total. The molecule has 0 saturated heterocycles. The fourth-order valence-corrected chi connectivity index (χ4v) is 3.23. The molecule has 0 aliphatic rings. The third kappa shape index (κ3) is 4.34. The first-order valence-corrected chi connectivity index (χ1v) is 9.82. The number of non-ortho nitro benzene ring substituents is 1. The van der Waals surface area contributed by atoms with Gasteiger partial charge >= 0.3 is 0 Å². The number of aromatic nitrogens is 2. The van der Waals surface area contributed by atoms with Gasteiger partial charge in [0, 0.05) is 23.4 Å². The van der Waals surface area contributed by atoms with Gasteiger partial charge < -0.3 is 10.1 Å². The van der Waals surface area contributed by atoms with E-state index in [4.69, 9.17) is 4.74 Å². The van der Waals surface area contributed by atoms with Crippen LogP contribution in [0.5, 0.6) is 5.75 Å². The summed E-state index contributed by atoms with van der Waals surface area (Å²) in [6.07, 6.45) is 0. The first-order valence-electron chi connectivity index (χ1n) is 9.82. The molecule has 0 atom stereocenters. The molecule has 8 heteroatoms. The van der Waals surface area contributed by atoms with Gasteiger partial charge in [-0.25, -0.2) is 4.68 Å². The molecule has 4 aromatic rings. The van der Waals surface area contributed by atoms with Gasteiger partial charge in [0.2, 0.25) is 0 Å². The number of carbonyl (C=O) groups excluding carboxylic acids is 1. The minimum absolute atomic E-state index is 0.0918. The van der Waals surface area contributed by atoms with Crippen LogP contribution in [0.4, 0.5) is 11.4 Å². The van der Waals surface area contributed by atoms with Crippen LogP contribution in [0.15, 0.2) is 78.9 Å².